The molecule has 6 heterocycles. The number of fused-ring (bicyclic) bond motifs is 2. The third-order valence-corrected chi connectivity index (χ3v) is 14.8. The fraction of sp³-hybridized carbons (Fsp3) is 0.600. The number of aromatic nitrogens is 4. The molecule has 0 bridgehead atoms. The highest BCUT2D eigenvalue weighted by atomic mass is 127. The third kappa shape index (κ3) is 5.06. The van der Waals surface area contributed by atoms with Crippen molar-refractivity contribution in [3.63, 3.8) is 0 Å². The third-order valence-electron chi connectivity index (χ3n) is 9.29. The smallest absolute Gasteiger partial charge is 0.378 e. The van der Waals surface area contributed by atoms with Gasteiger partial charge in [0.2, 0.25) is 18.1 Å². The first-order chi connectivity index (χ1) is 20.8. The van der Waals surface area contributed by atoms with E-state index in [9.17, 15) is 36.0 Å². The SMILES string of the molecule is [B]OC(=O)[C@@H]1N2C(=O)CC2S(=O)(=O)[C@@]1(C)C[n+]1cc(C)n(C)c1.[B]OC(=O)[C@@H]1N2C(=O)CC2S(=O)(=O)[C@@]1(C)Cn1cnc(C)c1.[I-]. The van der Waals surface area contributed by atoms with E-state index in [1.165, 1.54) is 20.2 Å². The van der Waals surface area contributed by atoms with E-state index in [0.29, 0.717) is 0 Å². The molecule has 46 heavy (non-hydrogen) atoms. The summed E-state index contributed by atoms with van der Waals surface area (Å²) in [4.78, 5) is 53.9. The summed E-state index contributed by atoms with van der Waals surface area (Å²) in [5.74, 6) is -2.63. The molecule has 4 fully saturated rings. The van der Waals surface area contributed by atoms with Crippen molar-refractivity contribution in [1.29, 1.82) is 0 Å². The summed E-state index contributed by atoms with van der Waals surface area (Å²) in [6.45, 7) is 6.55. The van der Waals surface area contributed by atoms with Crippen LogP contribution in [0.3, 0.4) is 0 Å². The molecule has 4 saturated heterocycles. The number of sulfone groups is 2. The van der Waals surface area contributed by atoms with Crippen LogP contribution in [0.25, 0.3) is 0 Å². The Morgan fingerprint density at radius 3 is 1.83 bits per heavy atom. The molecule has 2 aromatic rings. The molecule has 2 aromatic heterocycles. The topological polar surface area (TPSA) is 188 Å². The average molecular weight is 788 g/mol. The van der Waals surface area contributed by atoms with Crippen LogP contribution in [0.2, 0.25) is 0 Å². The second kappa shape index (κ2) is 11.9. The number of aryl methyl sites for hydroxylation is 3. The van der Waals surface area contributed by atoms with E-state index in [0.717, 1.165) is 21.2 Å². The number of hydrogen-bond acceptors (Lipinski definition) is 11. The molecule has 246 valence electrons. The molecule has 2 unspecified atom stereocenters. The van der Waals surface area contributed by atoms with Crippen molar-refractivity contribution in [3.05, 3.63) is 36.4 Å². The largest absolute Gasteiger partial charge is 1.00 e. The summed E-state index contributed by atoms with van der Waals surface area (Å²) in [5.41, 5.74) is 1.65. The van der Waals surface area contributed by atoms with E-state index in [-0.39, 0.29) is 55.8 Å². The molecule has 6 rings (SSSR count). The summed E-state index contributed by atoms with van der Waals surface area (Å²) in [6, 6.07) is -2.49. The summed E-state index contributed by atoms with van der Waals surface area (Å²) < 4.78 is 62.0. The Morgan fingerprint density at radius 1 is 0.957 bits per heavy atom. The number of rotatable bonds is 6. The van der Waals surface area contributed by atoms with Gasteiger partial charge in [-0.3, -0.25) is 19.2 Å². The second-order valence-electron chi connectivity index (χ2n) is 12.2. The predicted molar refractivity (Wildman–Crippen MR) is 154 cm³/mol. The first kappa shape index (κ1) is 35.9. The van der Waals surface area contributed by atoms with Crippen LogP contribution in [0, 0.1) is 13.8 Å². The molecule has 4 aliphatic heterocycles. The molecule has 4 radical (unpaired) electrons. The van der Waals surface area contributed by atoms with Crippen molar-refractivity contribution in [1.82, 2.24) is 23.9 Å². The fourth-order valence-electron chi connectivity index (χ4n) is 6.72. The van der Waals surface area contributed by atoms with E-state index in [1.807, 2.05) is 18.5 Å². The number of carbonyl (C=O) groups is 4. The highest BCUT2D eigenvalue weighted by Gasteiger charge is 2.71. The van der Waals surface area contributed by atoms with Crippen molar-refractivity contribution in [2.75, 3.05) is 0 Å². The zero-order valence-corrected chi connectivity index (χ0v) is 29.4. The molecule has 2 amide bonds. The zero-order chi connectivity index (χ0) is 33.4. The van der Waals surface area contributed by atoms with Crippen molar-refractivity contribution in [3.8, 4) is 0 Å². The average Bonchev–Trinajstić information content (AvgIpc) is 3.58. The fourth-order valence-corrected chi connectivity index (χ4v) is 11.5. The lowest BCUT2D eigenvalue weighted by Gasteiger charge is -2.36. The molecular weight excluding hydrogens is 757 g/mol. The first-order valence-electron chi connectivity index (χ1n) is 13.8. The van der Waals surface area contributed by atoms with E-state index in [4.69, 9.17) is 16.1 Å². The predicted octanol–water partition coefficient (Wildman–Crippen LogP) is -5.70. The van der Waals surface area contributed by atoms with E-state index in [1.54, 1.807) is 34.8 Å². The van der Waals surface area contributed by atoms with Gasteiger partial charge < -0.3 is 47.7 Å². The lowest BCUT2D eigenvalue weighted by molar-refractivity contribution is -0.700. The Bertz CT molecular complexity index is 1810. The van der Waals surface area contributed by atoms with Crippen LogP contribution in [0.1, 0.15) is 38.1 Å². The normalized spacial score (nSPS) is 31.3. The highest BCUT2D eigenvalue weighted by Crippen LogP contribution is 2.48. The summed E-state index contributed by atoms with van der Waals surface area (Å²) in [7, 11) is 4.23. The number of β-lactam (4-membered cyclic amide) rings is 2. The number of hydrogen-bond donors (Lipinski definition) is 0. The Morgan fingerprint density at radius 2 is 1.43 bits per heavy atom. The van der Waals surface area contributed by atoms with Gasteiger partial charge in [-0.05, 0) is 20.8 Å². The van der Waals surface area contributed by atoms with Crippen LogP contribution in [0.4, 0.5) is 0 Å². The van der Waals surface area contributed by atoms with Gasteiger partial charge in [0, 0.05) is 19.7 Å². The summed E-state index contributed by atoms with van der Waals surface area (Å²) in [6.07, 6.45) is 6.45. The Balaban J connectivity index is 0.000000205. The van der Waals surface area contributed by atoms with Crippen LogP contribution in [-0.2, 0) is 68.3 Å². The van der Waals surface area contributed by atoms with Gasteiger partial charge in [0.1, 0.15) is 44.7 Å². The zero-order valence-electron chi connectivity index (χ0n) is 25.6. The van der Waals surface area contributed by atoms with Gasteiger partial charge in [-0.2, -0.15) is 0 Å². The first-order valence-corrected chi connectivity index (χ1v) is 16.9. The molecule has 6 atom stereocenters. The van der Waals surface area contributed by atoms with E-state index >= 15 is 0 Å². The van der Waals surface area contributed by atoms with E-state index < -0.39 is 69.8 Å². The second-order valence-corrected chi connectivity index (χ2v) is 17.3. The van der Waals surface area contributed by atoms with Crippen LogP contribution in [0.15, 0.2) is 25.0 Å². The minimum absolute atomic E-state index is 0. The van der Waals surface area contributed by atoms with Gasteiger partial charge in [0.15, 0.2) is 25.7 Å². The molecule has 16 nitrogen and oxygen atoms in total. The van der Waals surface area contributed by atoms with Gasteiger partial charge in [-0.15, -0.1) is 0 Å². The van der Waals surface area contributed by atoms with Crippen LogP contribution in [0.5, 0.6) is 0 Å². The monoisotopic (exact) mass is 788 g/mol. The molecule has 0 saturated carbocycles. The van der Waals surface area contributed by atoms with Gasteiger partial charge >= 0.3 is 28.0 Å². The number of amides is 2. The van der Waals surface area contributed by atoms with Crippen LogP contribution >= 0.6 is 0 Å². The van der Waals surface area contributed by atoms with Crippen molar-refractivity contribution in [2.45, 2.75) is 86.0 Å². The highest BCUT2D eigenvalue weighted by molar-refractivity contribution is 7.94. The van der Waals surface area contributed by atoms with E-state index in [2.05, 4.69) is 14.3 Å². The Hall–Kier alpha value is -2.94. The van der Waals surface area contributed by atoms with Gasteiger partial charge in [0.25, 0.3) is 0 Å². The molecular formula is C25H31B2IN6O10S2. The number of nitrogens with zero attached hydrogens (tertiary/aromatic N) is 6. The molecule has 4 aliphatic rings. The quantitative estimate of drug-likeness (QED) is 0.118. The lowest BCUT2D eigenvalue weighted by atomic mass is 9.96. The summed E-state index contributed by atoms with van der Waals surface area (Å²) in [5, 5.41) is -1.96. The number of halogens is 1. The van der Waals surface area contributed by atoms with Crippen LogP contribution < -0.4 is 28.5 Å². The van der Waals surface area contributed by atoms with Crippen molar-refractivity contribution >= 4 is 59.5 Å². The van der Waals surface area contributed by atoms with Crippen molar-refractivity contribution < 1.29 is 73.9 Å². The molecule has 0 N–H and O–H groups in total. The molecule has 0 aliphatic carbocycles. The van der Waals surface area contributed by atoms with Crippen LogP contribution in [-0.4, -0.2) is 113 Å². The van der Waals surface area contributed by atoms with Gasteiger partial charge in [-0.1, -0.05) is 0 Å². The lowest BCUT2D eigenvalue weighted by Crippen LogP contribution is -3.00. The molecule has 0 spiro atoms. The standard InChI is InChI=1S/C13H17BN3O5S.C12H14BN3O5S.HI/c1-8-5-16(7-15(8)3)6-13(2)11(12(19)22-14)17-9(18)4-10(17)23(13,20)21;1-7-4-15(6-14-7)5-12(2)10(11(18)21-13)16-8(17)3-9(16)22(12,19)20;/h5,7,10-11H,4,6H2,1-3H3;4,6,9-10H,3,5H2,1-2H3;1H/q+1;;/p-1/t10?,11-,13-;9?,10-,12-;/m00./s1. The maximum Gasteiger partial charge on any atom is 0.378 e. The number of carbonyl (C=O) groups excluding carboxylic acids is 4. The van der Waals surface area contributed by atoms with Gasteiger partial charge in [0.05, 0.1) is 31.9 Å². The minimum atomic E-state index is -3.75. The Labute approximate surface area is 285 Å². The Kier molecular flexibility index (Phi) is 9.32. The van der Waals surface area contributed by atoms with Crippen molar-refractivity contribution in [2.24, 2.45) is 7.05 Å². The minimum Gasteiger partial charge on any atom is -1.00 e. The summed E-state index contributed by atoms with van der Waals surface area (Å²) >= 11 is 0. The van der Waals surface area contributed by atoms with Gasteiger partial charge in [-0.25, -0.2) is 31.0 Å². The molecule has 21 heteroatoms. The number of imidazole rings is 2. The molecule has 0 aromatic carbocycles. The maximum absolute atomic E-state index is 12.9. The maximum atomic E-state index is 12.9.